The summed E-state index contributed by atoms with van der Waals surface area (Å²) in [7, 11) is 0. The Hall–Kier alpha value is -2.19. The van der Waals surface area contributed by atoms with Crippen molar-refractivity contribution >= 4 is 57.7 Å². The average Bonchev–Trinajstić information content (AvgIpc) is 3.07. The lowest BCUT2D eigenvalue weighted by Crippen LogP contribution is -2.17. The van der Waals surface area contributed by atoms with Crippen LogP contribution in [0.15, 0.2) is 41.4 Å². The fourth-order valence-corrected chi connectivity index (χ4v) is 4.93. The molecule has 0 fully saturated rings. The van der Waals surface area contributed by atoms with Crippen molar-refractivity contribution in [1.29, 1.82) is 0 Å². The number of carbonyl (C=O) groups is 1. The lowest BCUT2D eigenvalue weighted by molar-refractivity contribution is -0.384. The molecule has 0 saturated heterocycles. The molecule has 0 atom stereocenters. The molecule has 2 aromatic carbocycles. The number of hydrogen-bond acceptors (Lipinski definition) is 4. The Morgan fingerprint density at radius 2 is 1.81 bits per heavy atom. The van der Waals surface area contributed by atoms with E-state index in [0.717, 1.165) is 35.0 Å². The number of rotatable bonds is 6. The van der Waals surface area contributed by atoms with Crippen molar-refractivity contribution in [3.8, 4) is 11.3 Å². The molecule has 6 nitrogen and oxygen atoms in total. The van der Waals surface area contributed by atoms with Crippen LogP contribution < -0.4 is 4.80 Å². The molecular formula is C21H18Cl3N3O3S. The molecule has 3 aromatic rings. The van der Waals surface area contributed by atoms with Gasteiger partial charge in [0, 0.05) is 28.6 Å². The number of carbonyl (C=O) groups excluding carboxylic acids is 1. The molecule has 10 heteroatoms. The monoisotopic (exact) mass is 497 g/mol. The van der Waals surface area contributed by atoms with E-state index in [1.807, 2.05) is 17.6 Å². The molecule has 0 aliphatic heterocycles. The Balaban J connectivity index is 2.16. The number of aromatic nitrogens is 1. The Bertz CT molecular complexity index is 1230. The maximum atomic E-state index is 12.8. The average molecular weight is 499 g/mol. The summed E-state index contributed by atoms with van der Waals surface area (Å²) >= 11 is 19.6. The molecule has 31 heavy (non-hydrogen) atoms. The van der Waals surface area contributed by atoms with Crippen LogP contribution in [0.25, 0.3) is 11.3 Å². The first-order chi connectivity index (χ1) is 14.8. The maximum absolute atomic E-state index is 12.8. The smallest absolute Gasteiger partial charge is 0.288 e. The fraction of sp³-hybridized carbons (Fsp3) is 0.238. The molecule has 0 spiro atoms. The van der Waals surface area contributed by atoms with Gasteiger partial charge in [-0.1, -0.05) is 54.2 Å². The van der Waals surface area contributed by atoms with Crippen LogP contribution in [-0.4, -0.2) is 15.4 Å². The molecule has 0 aliphatic rings. The van der Waals surface area contributed by atoms with E-state index in [0.29, 0.717) is 21.4 Å². The third kappa shape index (κ3) is 5.01. The number of amides is 1. The first-order valence-electron chi connectivity index (χ1n) is 9.47. The Labute approximate surface area is 197 Å². The summed E-state index contributed by atoms with van der Waals surface area (Å²) < 4.78 is 1.94. The first-order valence-corrected chi connectivity index (χ1v) is 11.4. The number of nitrogens with zero attached hydrogens (tertiary/aromatic N) is 3. The highest BCUT2D eigenvalue weighted by Gasteiger charge is 2.19. The zero-order valence-corrected chi connectivity index (χ0v) is 19.8. The van der Waals surface area contributed by atoms with E-state index in [4.69, 9.17) is 34.8 Å². The van der Waals surface area contributed by atoms with E-state index in [1.54, 1.807) is 12.1 Å². The Kier molecular flexibility index (Phi) is 7.54. The van der Waals surface area contributed by atoms with Gasteiger partial charge in [-0.3, -0.25) is 14.9 Å². The number of aryl methyl sites for hydroxylation is 1. The summed E-state index contributed by atoms with van der Waals surface area (Å²) in [6, 6.07) is 9.32. The van der Waals surface area contributed by atoms with Crippen LogP contribution in [0.1, 0.15) is 35.5 Å². The number of hydrogen-bond donors (Lipinski definition) is 0. The molecule has 0 N–H and O–H groups in total. The van der Waals surface area contributed by atoms with E-state index in [9.17, 15) is 14.9 Å². The fourth-order valence-electron chi connectivity index (χ4n) is 3.13. The van der Waals surface area contributed by atoms with Gasteiger partial charge in [0.1, 0.15) is 5.02 Å². The second kappa shape index (κ2) is 9.96. The zero-order valence-electron chi connectivity index (χ0n) is 16.7. The Morgan fingerprint density at radius 1 is 1.10 bits per heavy atom. The molecule has 1 heterocycles. The lowest BCUT2D eigenvalue weighted by atomic mass is 10.1. The second-order valence-corrected chi connectivity index (χ2v) is 8.90. The van der Waals surface area contributed by atoms with Crippen molar-refractivity contribution in [2.75, 3.05) is 0 Å². The van der Waals surface area contributed by atoms with Crippen LogP contribution in [0.3, 0.4) is 0 Å². The van der Waals surface area contributed by atoms with Crippen molar-refractivity contribution in [3.63, 3.8) is 0 Å². The number of benzene rings is 2. The van der Waals surface area contributed by atoms with Crippen LogP contribution in [0.2, 0.25) is 15.1 Å². The number of thiazole rings is 1. The zero-order chi connectivity index (χ0) is 22.7. The van der Waals surface area contributed by atoms with E-state index in [1.165, 1.54) is 23.5 Å². The van der Waals surface area contributed by atoms with Gasteiger partial charge < -0.3 is 4.57 Å². The summed E-state index contributed by atoms with van der Waals surface area (Å²) in [6.07, 6.45) is 1.71. The highest BCUT2D eigenvalue weighted by molar-refractivity contribution is 7.09. The summed E-state index contributed by atoms with van der Waals surface area (Å²) in [5, 5.41) is 12.0. The van der Waals surface area contributed by atoms with Crippen LogP contribution in [0.5, 0.6) is 0 Å². The minimum Gasteiger partial charge on any atom is -0.316 e. The van der Waals surface area contributed by atoms with E-state index < -0.39 is 10.8 Å². The summed E-state index contributed by atoms with van der Waals surface area (Å²) in [6.45, 7) is 4.60. The van der Waals surface area contributed by atoms with Gasteiger partial charge in [0.15, 0.2) is 4.80 Å². The molecule has 1 amide bonds. The van der Waals surface area contributed by atoms with Crippen molar-refractivity contribution in [3.05, 3.63) is 76.8 Å². The van der Waals surface area contributed by atoms with E-state index in [-0.39, 0.29) is 16.3 Å². The van der Waals surface area contributed by atoms with Gasteiger partial charge in [0.2, 0.25) is 0 Å². The molecule has 0 radical (unpaired) electrons. The summed E-state index contributed by atoms with van der Waals surface area (Å²) in [5.74, 6) is -0.577. The molecule has 0 bridgehead atoms. The van der Waals surface area contributed by atoms with E-state index >= 15 is 0 Å². The standard InChI is InChI=1S/C21H18Cl3N3O3S/c1-3-5-18-19(12-6-8-14(22)16(24)10-12)26(4-2)21(31-18)25-20(28)13-7-9-15(23)17(11-13)27(29)30/h6-11H,3-5H2,1-2H3. The third-order valence-corrected chi connectivity index (χ3v) is 6.75. The summed E-state index contributed by atoms with van der Waals surface area (Å²) in [4.78, 5) is 29.2. The van der Waals surface area contributed by atoms with Crippen LogP contribution >= 0.6 is 46.1 Å². The molecule has 162 valence electrons. The second-order valence-electron chi connectivity index (χ2n) is 6.62. The van der Waals surface area contributed by atoms with Gasteiger partial charge in [0.05, 0.1) is 20.7 Å². The van der Waals surface area contributed by atoms with Gasteiger partial charge in [-0.05, 0) is 37.6 Å². The molecular weight excluding hydrogens is 481 g/mol. The van der Waals surface area contributed by atoms with Crippen LogP contribution in [0.4, 0.5) is 5.69 Å². The van der Waals surface area contributed by atoms with Crippen molar-refractivity contribution < 1.29 is 9.72 Å². The van der Waals surface area contributed by atoms with Gasteiger partial charge >= 0.3 is 0 Å². The molecule has 0 saturated carbocycles. The number of nitro benzene ring substituents is 1. The SMILES string of the molecule is CCCc1sc(=NC(=O)c2ccc(Cl)c([N+](=O)[O-])c2)n(CC)c1-c1ccc(Cl)c(Cl)c1. The van der Waals surface area contributed by atoms with Gasteiger partial charge in [-0.25, -0.2) is 0 Å². The Morgan fingerprint density at radius 3 is 2.42 bits per heavy atom. The minimum atomic E-state index is -0.627. The maximum Gasteiger partial charge on any atom is 0.288 e. The predicted octanol–water partition coefficient (Wildman–Crippen LogP) is 6.80. The quantitative estimate of drug-likeness (QED) is 0.277. The summed E-state index contributed by atoms with van der Waals surface area (Å²) in [5.41, 5.74) is 1.58. The number of nitro groups is 1. The van der Waals surface area contributed by atoms with Crippen LogP contribution in [-0.2, 0) is 13.0 Å². The highest BCUT2D eigenvalue weighted by atomic mass is 35.5. The molecule has 0 aliphatic carbocycles. The van der Waals surface area contributed by atoms with Gasteiger partial charge in [0.25, 0.3) is 11.6 Å². The molecule has 0 unspecified atom stereocenters. The molecule has 1 aromatic heterocycles. The molecule has 3 rings (SSSR count). The highest BCUT2D eigenvalue weighted by Crippen LogP contribution is 2.32. The first kappa shape index (κ1) is 23.5. The predicted molar refractivity (Wildman–Crippen MR) is 125 cm³/mol. The topological polar surface area (TPSA) is 77.5 Å². The van der Waals surface area contributed by atoms with Gasteiger partial charge in [-0.2, -0.15) is 4.99 Å². The van der Waals surface area contributed by atoms with Crippen LogP contribution in [0, 0.1) is 10.1 Å². The van der Waals surface area contributed by atoms with Crippen molar-refractivity contribution in [1.82, 2.24) is 4.57 Å². The number of halogens is 3. The lowest BCUT2D eigenvalue weighted by Gasteiger charge is -2.10. The third-order valence-electron chi connectivity index (χ3n) is 4.55. The van der Waals surface area contributed by atoms with Crippen molar-refractivity contribution in [2.24, 2.45) is 4.99 Å². The van der Waals surface area contributed by atoms with Gasteiger partial charge in [-0.15, -0.1) is 11.3 Å². The van der Waals surface area contributed by atoms with Crippen molar-refractivity contribution in [2.45, 2.75) is 33.2 Å². The van der Waals surface area contributed by atoms with E-state index in [2.05, 4.69) is 11.9 Å². The minimum absolute atomic E-state index is 0.0339. The largest absolute Gasteiger partial charge is 0.316 e. The normalized spacial score (nSPS) is 11.7.